The van der Waals surface area contributed by atoms with Crippen LogP contribution in [0.4, 0.5) is 0 Å². The maximum Gasteiger partial charge on any atom is 0.0572 e. The van der Waals surface area contributed by atoms with E-state index in [0.29, 0.717) is 0 Å². The van der Waals surface area contributed by atoms with Crippen LogP contribution in [-0.2, 0) is 11.4 Å². The maximum absolute atomic E-state index is 4.80. The van der Waals surface area contributed by atoms with E-state index in [1.54, 1.807) is 7.11 Å². The van der Waals surface area contributed by atoms with Crippen LogP contribution in [0.15, 0.2) is 29.2 Å². The first-order valence-corrected chi connectivity index (χ1v) is 5.78. The monoisotopic (exact) mass is 209 g/mol. The summed E-state index contributed by atoms with van der Waals surface area (Å²) in [6.07, 6.45) is 2.77. The van der Waals surface area contributed by atoms with Crippen molar-refractivity contribution in [1.29, 1.82) is 0 Å². The van der Waals surface area contributed by atoms with Gasteiger partial charge in [0.1, 0.15) is 0 Å². The first-order valence-electron chi connectivity index (χ1n) is 4.90. The van der Waals surface area contributed by atoms with Crippen molar-refractivity contribution in [1.82, 2.24) is 5.48 Å². The topological polar surface area (TPSA) is 21.3 Å². The third kappa shape index (κ3) is 3.01. The number of hydrogen-bond donors (Lipinski definition) is 1. The Labute approximate surface area is 89.0 Å². The van der Waals surface area contributed by atoms with E-state index >= 15 is 0 Å². The van der Waals surface area contributed by atoms with E-state index in [0.717, 1.165) is 11.8 Å². The highest BCUT2D eigenvalue weighted by molar-refractivity contribution is 8.00. The molecular formula is C11H15NOS. The lowest BCUT2D eigenvalue weighted by atomic mass is 10.2. The van der Waals surface area contributed by atoms with Gasteiger partial charge >= 0.3 is 0 Å². The molecule has 2 rings (SSSR count). The Balaban J connectivity index is 1.88. The minimum Gasteiger partial charge on any atom is -0.305 e. The lowest BCUT2D eigenvalue weighted by Gasteiger charge is -2.03. The summed E-state index contributed by atoms with van der Waals surface area (Å²) in [6.45, 7) is 0.769. The van der Waals surface area contributed by atoms with Gasteiger partial charge in [-0.2, -0.15) is 5.48 Å². The number of thioether (sulfide) groups is 1. The third-order valence-electron chi connectivity index (χ3n) is 2.17. The molecule has 0 aliphatic heterocycles. The molecule has 1 saturated carbocycles. The summed E-state index contributed by atoms with van der Waals surface area (Å²) in [4.78, 5) is 6.18. The molecule has 1 aliphatic rings. The van der Waals surface area contributed by atoms with E-state index in [1.165, 1.54) is 23.3 Å². The number of rotatable bonds is 5. The van der Waals surface area contributed by atoms with Crippen LogP contribution in [0, 0.1) is 0 Å². The average molecular weight is 209 g/mol. The van der Waals surface area contributed by atoms with Crippen molar-refractivity contribution < 1.29 is 4.84 Å². The molecule has 1 aromatic carbocycles. The Morgan fingerprint density at radius 2 is 2.07 bits per heavy atom. The van der Waals surface area contributed by atoms with Crippen LogP contribution >= 0.6 is 11.8 Å². The van der Waals surface area contributed by atoms with Crippen molar-refractivity contribution in [3.63, 3.8) is 0 Å². The van der Waals surface area contributed by atoms with Crippen LogP contribution in [0.3, 0.4) is 0 Å². The fourth-order valence-electron chi connectivity index (χ4n) is 1.22. The van der Waals surface area contributed by atoms with Gasteiger partial charge in [0, 0.05) is 16.7 Å². The normalized spacial score (nSPS) is 15.8. The molecule has 0 saturated heterocycles. The van der Waals surface area contributed by atoms with E-state index in [1.807, 2.05) is 11.8 Å². The summed E-state index contributed by atoms with van der Waals surface area (Å²) in [5.41, 5.74) is 4.09. The molecule has 0 amide bonds. The van der Waals surface area contributed by atoms with E-state index in [-0.39, 0.29) is 0 Å². The second-order valence-electron chi connectivity index (χ2n) is 3.49. The van der Waals surface area contributed by atoms with Gasteiger partial charge in [0.25, 0.3) is 0 Å². The highest BCUT2D eigenvalue weighted by Gasteiger charge is 2.22. The van der Waals surface area contributed by atoms with Gasteiger partial charge in [-0.25, -0.2) is 0 Å². The molecule has 1 aromatic rings. The zero-order chi connectivity index (χ0) is 9.80. The van der Waals surface area contributed by atoms with Gasteiger partial charge in [0.15, 0.2) is 0 Å². The van der Waals surface area contributed by atoms with E-state index < -0.39 is 0 Å². The molecule has 0 heterocycles. The first-order chi connectivity index (χ1) is 6.88. The van der Waals surface area contributed by atoms with Crippen LogP contribution in [0.5, 0.6) is 0 Å². The number of hydroxylamine groups is 1. The molecule has 1 N–H and O–H groups in total. The zero-order valence-corrected chi connectivity index (χ0v) is 9.14. The largest absolute Gasteiger partial charge is 0.305 e. The summed E-state index contributed by atoms with van der Waals surface area (Å²) >= 11 is 1.99. The van der Waals surface area contributed by atoms with Crippen molar-refractivity contribution >= 4 is 11.8 Å². The van der Waals surface area contributed by atoms with Gasteiger partial charge in [-0.3, -0.25) is 0 Å². The molecule has 0 atom stereocenters. The van der Waals surface area contributed by atoms with Crippen LogP contribution in [0.2, 0.25) is 0 Å². The van der Waals surface area contributed by atoms with Crippen LogP contribution in [0.25, 0.3) is 0 Å². The highest BCUT2D eigenvalue weighted by atomic mass is 32.2. The van der Waals surface area contributed by atoms with Crippen molar-refractivity contribution in [3.05, 3.63) is 29.8 Å². The maximum atomic E-state index is 4.80. The SMILES string of the molecule is CONCc1ccc(SC2CC2)cc1. The first kappa shape index (κ1) is 10.0. The standard InChI is InChI=1S/C11H15NOS/c1-13-12-8-9-2-4-10(5-3-9)14-11-6-7-11/h2-5,11-12H,6-8H2,1H3. The molecule has 1 aliphatic carbocycles. The molecule has 1 fully saturated rings. The summed E-state index contributed by atoms with van der Waals surface area (Å²) in [5, 5.41) is 0.887. The smallest absolute Gasteiger partial charge is 0.0572 e. The van der Waals surface area contributed by atoms with Gasteiger partial charge in [-0.1, -0.05) is 12.1 Å². The fourth-order valence-corrected chi connectivity index (χ4v) is 2.27. The quantitative estimate of drug-likeness (QED) is 0.753. The summed E-state index contributed by atoms with van der Waals surface area (Å²) in [6, 6.07) is 8.68. The Morgan fingerprint density at radius 3 is 2.64 bits per heavy atom. The Morgan fingerprint density at radius 1 is 1.36 bits per heavy atom. The zero-order valence-electron chi connectivity index (χ0n) is 8.32. The van der Waals surface area contributed by atoms with Crippen LogP contribution in [-0.4, -0.2) is 12.4 Å². The summed E-state index contributed by atoms with van der Waals surface area (Å²) in [7, 11) is 1.64. The summed E-state index contributed by atoms with van der Waals surface area (Å²) < 4.78 is 0. The second-order valence-corrected chi connectivity index (χ2v) is 4.86. The molecule has 76 valence electrons. The molecule has 0 spiro atoms. The van der Waals surface area contributed by atoms with Crippen molar-refractivity contribution in [2.45, 2.75) is 29.5 Å². The van der Waals surface area contributed by atoms with Crippen molar-refractivity contribution in [2.75, 3.05) is 7.11 Å². The van der Waals surface area contributed by atoms with Crippen molar-refractivity contribution in [3.8, 4) is 0 Å². The Bertz CT molecular complexity index is 282. The lowest BCUT2D eigenvalue weighted by molar-refractivity contribution is 0.0867. The average Bonchev–Trinajstić information content (AvgIpc) is 3.01. The third-order valence-corrected chi connectivity index (χ3v) is 3.52. The van der Waals surface area contributed by atoms with E-state index in [9.17, 15) is 0 Å². The Hall–Kier alpha value is -0.510. The summed E-state index contributed by atoms with van der Waals surface area (Å²) in [5.74, 6) is 0. The molecular weight excluding hydrogens is 194 g/mol. The highest BCUT2D eigenvalue weighted by Crippen LogP contribution is 2.38. The van der Waals surface area contributed by atoms with Gasteiger partial charge in [0.05, 0.1) is 7.11 Å². The second kappa shape index (κ2) is 4.82. The van der Waals surface area contributed by atoms with Crippen LogP contribution in [0.1, 0.15) is 18.4 Å². The fraction of sp³-hybridized carbons (Fsp3) is 0.455. The lowest BCUT2D eigenvalue weighted by Crippen LogP contribution is -2.10. The molecule has 14 heavy (non-hydrogen) atoms. The van der Waals surface area contributed by atoms with Gasteiger partial charge in [0.2, 0.25) is 0 Å². The molecule has 0 radical (unpaired) electrons. The van der Waals surface area contributed by atoms with Crippen molar-refractivity contribution in [2.24, 2.45) is 0 Å². The molecule has 3 heteroatoms. The molecule has 0 unspecified atom stereocenters. The minimum atomic E-state index is 0.769. The molecule has 2 nitrogen and oxygen atoms in total. The van der Waals surface area contributed by atoms with Gasteiger partial charge in [-0.15, -0.1) is 11.8 Å². The number of nitrogens with one attached hydrogen (secondary N) is 1. The van der Waals surface area contributed by atoms with E-state index in [4.69, 9.17) is 4.84 Å². The minimum absolute atomic E-state index is 0.769. The predicted octanol–water partition coefficient (Wildman–Crippen LogP) is 2.59. The molecule has 0 aromatic heterocycles. The van der Waals surface area contributed by atoms with Crippen LogP contribution < -0.4 is 5.48 Å². The number of benzene rings is 1. The molecule has 0 bridgehead atoms. The predicted molar refractivity (Wildman–Crippen MR) is 59.2 cm³/mol. The van der Waals surface area contributed by atoms with Gasteiger partial charge in [-0.05, 0) is 30.5 Å². The van der Waals surface area contributed by atoms with E-state index in [2.05, 4.69) is 29.7 Å². The van der Waals surface area contributed by atoms with Gasteiger partial charge < -0.3 is 4.84 Å². The number of hydrogen-bond acceptors (Lipinski definition) is 3. The Kier molecular flexibility index (Phi) is 3.45.